The normalized spacial score (nSPS) is 11.9. The van der Waals surface area contributed by atoms with Crippen LogP contribution in [0, 0.1) is 0 Å². The Labute approximate surface area is 129 Å². The van der Waals surface area contributed by atoms with Gasteiger partial charge in [-0.25, -0.2) is 0 Å². The van der Waals surface area contributed by atoms with Gasteiger partial charge < -0.3 is 0 Å². The van der Waals surface area contributed by atoms with E-state index in [1.807, 2.05) is 0 Å². The Morgan fingerprint density at radius 3 is 2.38 bits per heavy atom. The van der Waals surface area contributed by atoms with Crippen molar-refractivity contribution < 1.29 is 13.2 Å². The zero-order valence-corrected chi connectivity index (χ0v) is 12.0. The number of halogens is 5. The van der Waals surface area contributed by atoms with Crippen molar-refractivity contribution in [2.45, 2.75) is 6.18 Å². The average molecular weight is 333 g/mol. The molecule has 110 valence electrons. The zero-order chi connectivity index (χ0) is 15.5. The number of benzene rings is 2. The molecule has 21 heavy (non-hydrogen) atoms. The molecule has 1 N–H and O–H groups in total. The number of hydrazone groups is 1. The van der Waals surface area contributed by atoms with Crippen LogP contribution < -0.4 is 5.43 Å². The van der Waals surface area contributed by atoms with Gasteiger partial charge in [-0.3, -0.25) is 5.43 Å². The van der Waals surface area contributed by atoms with Gasteiger partial charge in [0.05, 0.1) is 22.5 Å². The summed E-state index contributed by atoms with van der Waals surface area (Å²) in [5.41, 5.74) is 2.38. The fraction of sp³-hybridized carbons (Fsp3) is 0.0714. The topological polar surface area (TPSA) is 24.4 Å². The molecule has 0 aromatic heterocycles. The molecule has 0 saturated heterocycles. The molecule has 0 heterocycles. The molecule has 0 aliphatic carbocycles. The second-order valence-electron chi connectivity index (χ2n) is 4.08. The molecule has 0 aliphatic heterocycles. The predicted molar refractivity (Wildman–Crippen MR) is 79.1 cm³/mol. The smallest absolute Gasteiger partial charge is 0.277 e. The van der Waals surface area contributed by atoms with Crippen LogP contribution in [0.3, 0.4) is 0 Å². The van der Waals surface area contributed by atoms with E-state index in [1.165, 1.54) is 6.21 Å². The minimum Gasteiger partial charge on any atom is -0.277 e. The van der Waals surface area contributed by atoms with Gasteiger partial charge in [-0.15, -0.1) is 0 Å². The quantitative estimate of drug-likeness (QED) is 0.585. The highest BCUT2D eigenvalue weighted by atomic mass is 35.5. The third-order valence-electron chi connectivity index (χ3n) is 2.59. The molecule has 0 amide bonds. The monoisotopic (exact) mass is 332 g/mol. The zero-order valence-electron chi connectivity index (χ0n) is 10.5. The number of nitrogens with zero attached hydrogens (tertiary/aromatic N) is 1. The lowest BCUT2D eigenvalue weighted by atomic mass is 10.2. The van der Waals surface area contributed by atoms with Crippen LogP contribution >= 0.6 is 23.2 Å². The molecule has 0 unspecified atom stereocenters. The largest absolute Gasteiger partial charge is 0.416 e. The summed E-state index contributed by atoms with van der Waals surface area (Å²) in [6.45, 7) is 0. The van der Waals surface area contributed by atoms with Crippen LogP contribution in [0.4, 0.5) is 18.9 Å². The number of hydrogen-bond donors (Lipinski definition) is 1. The molecule has 0 saturated carbocycles. The first-order valence-corrected chi connectivity index (χ1v) is 6.54. The van der Waals surface area contributed by atoms with Crippen LogP contribution in [0.25, 0.3) is 0 Å². The van der Waals surface area contributed by atoms with Gasteiger partial charge in [0.25, 0.3) is 0 Å². The molecule has 0 fully saturated rings. The van der Waals surface area contributed by atoms with Crippen molar-refractivity contribution in [2.24, 2.45) is 5.10 Å². The van der Waals surface area contributed by atoms with Crippen LogP contribution in [-0.4, -0.2) is 6.21 Å². The summed E-state index contributed by atoms with van der Waals surface area (Å²) in [6.07, 6.45) is -3.04. The van der Waals surface area contributed by atoms with Gasteiger partial charge in [0.2, 0.25) is 0 Å². The fourth-order valence-electron chi connectivity index (χ4n) is 1.54. The highest BCUT2D eigenvalue weighted by molar-refractivity contribution is 6.33. The molecule has 2 rings (SSSR count). The molecule has 0 radical (unpaired) electrons. The first-order valence-electron chi connectivity index (χ1n) is 5.78. The van der Waals surface area contributed by atoms with E-state index >= 15 is 0 Å². The Morgan fingerprint density at radius 2 is 1.71 bits per heavy atom. The minimum atomic E-state index is -4.44. The highest BCUT2D eigenvalue weighted by Gasteiger charge is 2.30. The maximum atomic E-state index is 12.6. The number of hydrogen-bond acceptors (Lipinski definition) is 2. The summed E-state index contributed by atoms with van der Waals surface area (Å²) in [5, 5.41) is 4.47. The van der Waals surface area contributed by atoms with Crippen LogP contribution in [0.1, 0.15) is 11.1 Å². The Bertz CT molecular complexity index is 670. The van der Waals surface area contributed by atoms with Gasteiger partial charge in [-0.1, -0.05) is 41.4 Å². The second kappa shape index (κ2) is 6.37. The third kappa shape index (κ3) is 4.12. The fourth-order valence-corrected chi connectivity index (χ4v) is 1.88. The molecule has 0 atom stereocenters. The van der Waals surface area contributed by atoms with E-state index in [0.29, 0.717) is 10.6 Å². The van der Waals surface area contributed by atoms with E-state index < -0.39 is 11.7 Å². The summed E-state index contributed by atoms with van der Waals surface area (Å²) in [5.74, 6) is 0. The summed E-state index contributed by atoms with van der Waals surface area (Å²) in [4.78, 5) is 0. The van der Waals surface area contributed by atoms with E-state index in [-0.39, 0.29) is 10.7 Å². The van der Waals surface area contributed by atoms with Crippen molar-refractivity contribution in [3.05, 3.63) is 63.6 Å². The summed E-state index contributed by atoms with van der Waals surface area (Å²) >= 11 is 11.8. The summed E-state index contributed by atoms with van der Waals surface area (Å²) in [7, 11) is 0. The van der Waals surface area contributed by atoms with E-state index in [1.54, 1.807) is 24.3 Å². The van der Waals surface area contributed by atoms with Gasteiger partial charge >= 0.3 is 6.18 Å². The molecule has 2 aromatic carbocycles. The molecule has 0 spiro atoms. The SMILES string of the molecule is FC(F)(F)c1ccc(Cl)c(N/N=C\c2ccccc2Cl)c1. The molecule has 2 nitrogen and oxygen atoms in total. The number of rotatable bonds is 3. The Balaban J connectivity index is 2.18. The first kappa shape index (κ1) is 15.7. The molecular formula is C14H9Cl2F3N2. The van der Waals surface area contributed by atoms with Crippen molar-refractivity contribution in [3.63, 3.8) is 0 Å². The van der Waals surface area contributed by atoms with Gasteiger partial charge in [0.1, 0.15) is 0 Å². The van der Waals surface area contributed by atoms with E-state index in [2.05, 4.69) is 10.5 Å². The van der Waals surface area contributed by atoms with Crippen LogP contribution in [-0.2, 0) is 6.18 Å². The van der Waals surface area contributed by atoms with Crippen molar-refractivity contribution in [1.29, 1.82) is 0 Å². The first-order chi connectivity index (χ1) is 9.88. The number of anilines is 1. The van der Waals surface area contributed by atoms with E-state index in [4.69, 9.17) is 23.2 Å². The molecule has 0 aliphatic rings. The van der Waals surface area contributed by atoms with Crippen molar-refractivity contribution in [2.75, 3.05) is 5.43 Å². The highest BCUT2D eigenvalue weighted by Crippen LogP contribution is 2.33. The Morgan fingerprint density at radius 1 is 1.00 bits per heavy atom. The van der Waals surface area contributed by atoms with E-state index in [9.17, 15) is 13.2 Å². The van der Waals surface area contributed by atoms with Crippen molar-refractivity contribution in [3.8, 4) is 0 Å². The van der Waals surface area contributed by atoms with Gasteiger partial charge in [-0.05, 0) is 24.3 Å². The average Bonchev–Trinajstić information content (AvgIpc) is 2.41. The van der Waals surface area contributed by atoms with Crippen LogP contribution in [0.5, 0.6) is 0 Å². The Hall–Kier alpha value is -1.72. The summed E-state index contributed by atoms with van der Waals surface area (Å²) < 4.78 is 37.8. The van der Waals surface area contributed by atoms with Gasteiger partial charge in [-0.2, -0.15) is 18.3 Å². The number of nitrogens with one attached hydrogen (secondary N) is 1. The number of alkyl halides is 3. The predicted octanol–water partition coefficient (Wildman–Crippen LogP) is 5.46. The lowest BCUT2D eigenvalue weighted by Crippen LogP contribution is -2.05. The van der Waals surface area contributed by atoms with Gasteiger partial charge in [0, 0.05) is 10.6 Å². The second-order valence-corrected chi connectivity index (χ2v) is 4.90. The Kier molecular flexibility index (Phi) is 4.75. The van der Waals surface area contributed by atoms with Crippen LogP contribution in [0.15, 0.2) is 47.6 Å². The van der Waals surface area contributed by atoms with Gasteiger partial charge in [0.15, 0.2) is 0 Å². The molecule has 7 heteroatoms. The maximum absolute atomic E-state index is 12.6. The standard InChI is InChI=1S/C14H9Cl2F3N2/c15-11-4-2-1-3-9(11)8-20-21-13-7-10(14(17,18)19)5-6-12(13)16/h1-8,21H/b20-8-. The minimum absolute atomic E-state index is 0.0646. The molecule has 0 bridgehead atoms. The third-order valence-corrected chi connectivity index (χ3v) is 3.26. The van der Waals surface area contributed by atoms with Crippen molar-refractivity contribution in [1.82, 2.24) is 0 Å². The molecule has 2 aromatic rings. The molecular weight excluding hydrogens is 324 g/mol. The van der Waals surface area contributed by atoms with Crippen LogP contribution in [0.2, 0.25) is 10.0 Å². The van der Waals surface area contributed by atoms with Crippen molar-refractivity contribution >= 4 is 35.1 Å². The summed E-state index contributed by atoms with van der Waals surface area (Å²) in [6, 6.07) is 9.90. The van der Waals surface area contributed by atoms with E-state index in [0.717, 1.165) is 18.2 Å². The lowest BCUT2D eigenvalue weighted by molar-refractivity contribution is -0.137. The maximum Gasteiger partial charge on any atom is 0.416 e. The lowest BCUT2D eigenvalue weighted by Gasteiger charge is -2.09.